The minimum absolute atomic E-state index is 0.423. The van der Waals surface area contributed by atoms with Gasteiger partial charge in [-0.2, -0.15) is 0 Å². The van der Waals surface area contributed by atoms with Gasteiger partial charge >= 0.3 is 0 Å². The highest BCUT2D eigenvalue weighted by Gasteiger charge is 2.27. The molecule has 0 atom stereocenters. The van der Waals surface area contributed by atoms with E-state index in [4.69, 9.17) is 0 Å². The van der Waals surface area contributed by atoms with Gasteiger partial charge in [-0.25, -0.2) is 0 Å². The van der Waals surface area contributed by atoms with Crippen LogP contribution in [0.3, 0.4) is 0 Å². The van der Waals surface area contributed by atoms with E-state index < -0.39 is 0 Å². The molecule has 2 rings (SSSR count). The van der Waals surface area contributed by atoms with Crippen LogP contribution < -0.4 is 10.6 Å². The normalized spacial score (nSPS) is 17.6. The van der Waals surface area contributed by atoms with Crippen LogP contribution in [0.25, 0.3) is 5.57 Å². The van der Waals surface area contributed by atoms with Crippen LogP contribution >= 0.6 is 0 Å². The average Bonchev–Trinajstić information content (AvgIpc) is 2.55. The third kappa shape index (κ3) is 5.47. The Morgan fingerprint density at radius 1 is 1.00 bits per heavy atom. The molecule has 2 nitrogen and oxygen atoms in total. The lowest BCUT2D eigenvalue weighted by Crippen LogP contribution is -2.30. The van der Waals surface area contributed by atoms with Crippen molar-refractivity contribution in [2.24, 2.45) is 5.41 Å². The lowest BCUT2D eigenvalue weighted by Gasteiger charge is -2.34. The summed E-state index contributed by atoms with van der Waals surface area (Å²) >= 11 is 0. The van der Waals surface area contributed by atoms with E-state index in [-0.39, 0.29) is 0 Å². The molecule has 0 saturated heterocycles. The van der Waals surface area contributed by atoms with Gasteiger partial charge in [0.05, 0.1) is 0 Å². The van der Waals surface area contributed by atoms with Crippen LogP contribution in [-0.2, 0) is 6.42 Å². The fourth-order valence-corrected chi connectivity index (χ4v) is 3.37. The third-order valence-electron chi connectivity index (χ3n) is 4.96. The molecule has 0 aromatic heterocycles. The maximum Gasteiger partial charge on any atom is 0.0171 e. The Kier molecular flexibility index (Phi) is 6.86. The first-order valence-corrected chi connectivity index (χ1v) is 9.27. The molecule has 1 aliphatic carbocycles. The summed E-state index contributed by atoms with van der Waals surface area (Å²) in [5.41, 5.74) is 6.48. The van der Waals surface area contributed by atoms with E-state index >= 15 is 0 Å². The fourth-order valence-electron chi connectivity index (χ4n) is 3.37. The maximum absolute atomic E-state index is 3.62. The van der Waals surface area contributed by atoms with Crippen LogP contribution in [0.1, 0.15) is 58.1 Å². The molecule has 0 bridgehead atoms. The zero-order valence-corrected chi connectivity index (χ0v) is 15.5. The smallest absolute Gasteiger partial charge is 0.0171 e. The zero-order valence-electron chi connectivity index (χ0n) is 15.5. The summed E-state index contributed by atoms with van der Waals surface area (Å²) in [5, 5.41) is 7.00. The molecule has 1 aliphatic rings. The van der Waals surface area contributed by atoms with Crippen molar-refractivity contribution in [1.29, 1.82) is 0 Å². The van der Waals surface area contributed by atoms with E-state index in [1.807, 2.05) is 0 Å². The molecule has 1 aromatic rings. The summed E-state index contributed by atoms with van der Waals surface area (Å²) in [7, 11) is 0. The highest BCUT2D eigenvalue weighted by atomic mass is 14.9. The van der Waals surface area contributed by atoms with Crippen LogP contribution in [0.15, 0.2) is 29.8 Å². The fraction of sp³-hybridized carbons (Fsp3) is 0.619. The van der Waals surface area contributed by atoms with E-state index in [0.29, 0.717) is 5.41 Å². The molecule has 0 saturated carbocycles. The lowest BCUT2D eigenvalue weighted by atomic mass is 9.72. The molecule has 0 amide bonds. The topological polar surface area (TPSA) is 24.1 Å². The number of rotatable bonds is 8. The highest BCUT2D eigenvalue weighted by Crippen LogP contribution is 2.42. The first-order chi connectivity index (χ1) is 11.1. The van der Waals surface area contributed by atoms with Gasteiger partial charge < -0.3 is 10.6 Å². The molecule has 2 N–H and O–H groups in total. The van der Waals surface area contributed by atoms with Gasteiger partial charge in [-0.1, -0.05) is 57.5 Å². The number of hydrogen-bond donors (Lipinski definition) is 2. The molecule has 0 fully saturated rings. The molecule has 2 heteroatoms. The number of aryl methyl sites for hydroxylation is 1. The van der Waals surface area contributed by atoms with Gasteiger partial charge in [0.15, 0.2) is 0 Å². The minimum atomic E-state index is 0.423. The predicted octanol–water partition coefficient (Wildman–Crippen LogP) is 4.41. The third-order valence-corrected chi connectivity index (χ3v) is 4.96. The molecular formula is C21H34N2. The molecule has 0 aliphatic heterocycles. The SMILES string of the molecule is CCNCCNCC1=C(c2ccc(CC)cc2)CC(C)(C)CC1. The Hall–Kier alpha value is -1.12. The Morgan fingerprint density at radius 3 is 2.35 bits per heavy atom. The van der Waals surface area contributed by atoms with Crippen molar-refractivity contribution >= 4 is 5.57 Å². The summed E-state index contributed by atoms with van der Waals surface area (Å²) in [4.78, 5) is 0. The van der Waals surface area contributed by atoms with Crippen LogP contribution in [0.5, 0.6) is 0 Å². The molecule has 23 heavy (non-hydrogen) atoms. The van der Waals surface area contributed by atoms with Crippen LogP contribution in [0.2, 0.25) is 0 Å². The van der Waals surface area contributed by atoms with E-state index in [9.17, 15) is 0 Å². The molecule has 0 heterocycles. The van der Waals surface area contributed by atoms with Gasteiger partial charge in [0.1, 0.15) is 0 Å². The van der Waals surface area contributed by atoms with Crippen molar-refractivity contribution in [3.05, 3.63) is 41.0 Å². The van der Waals surface area contributed by atoms with E-state index in [0.717, 1.165) is 32.6 Å². The summed E-state index contributed by atoms with van der Waals surface area (Å²) in [6, 6.07) is 9.24. The Labute approximate surface area is 142 Å². The van der Waals surface area contributed by atoms with Gasteiger partial charge in [0, 0.05) is 19.6 Å². The molecule has 1 aromatic carbocycles. The second-order valence-electron chi connectivity index (χ2n) is 7.50. The molecule has 0 radical (unpaired) electrons. The quantitative estimate of drug-likeness (QED) is 0.694. The lowest BCUT2D eigenvalue weighted by molar-refractivity contribution is 0.330. The standard InChI is InChI=1S/C21H34N2/c1-5-17-7-9-18(10-8-17)20-15-21(3,4)12-11-19(20)16-23-14-13-22-6-2/h7-10,22-23H,5-6,11-16H2,1-4H3. The largest absolute Gasteiger partial charge is 0.316 e. The van der Waals surface area contributed by atoms with Crippen molar-refractivity contribution in [2.75, 3.05) is 26.2 Å². The van der Waals surface area contributed by atoms with Crippen molar-refractivity contribution in [3.8, 4) is 0 Å². The monoisotopic (exact) mass is 314 g/mol. The number of likely N-dealkylation sites (N-methyl/N-ethyl adjacent to an activating group) is 1. The molecule has 0 unspecified atom stereocenters. The van der Waals surface area contributed by atoms with E-state index in [1.165, 1.54) is 30.4 Å². The summed E-state index contributed by atoms with van der Waals surface area (Å²) in [5.74, 6) is 0. The van der Waals surface area contributed by atoms with E-state index in [2.05, 4.69) is 62.6 Å². The first-order valence-electron chi connectivity index (χ1n) is 9.27. The number of allylic oxidation sites excluding steroid dienone is 1. The molecule has 128 valence electrons. The zero-order chi connectivity index (χ0) is 16.7. The summed E-state index contributed by atoms with van der Waals surface area (Å²) in [6.45, 7) is 13.4. The van der Waals surface area contributed by atoms with Crippen molar-refractivity contribution < 1.29 is 0 Å². The van der Waals surface area contributed by atoms with Gasteiger partial charge in [-0.05, 0) is 54.3 Å². The maximum atomic E-state index is 3.62. The van der Waals surface area contributed by atoms with Crippen LogP contribution in [0.4, 0.5) is 0 Å². The van der Waals surface area contributed by atoms with Gasteiger partial charge in [0.25, 0.3) is 0 Å². The summed E-state index contributed by atoms with van der Waals surface area (Å²) in [6.07, 6.45) is 4.84. The second kappa shape index (κ2) is 8.65. The summed E-state index contributed by atoms with van der Waals surface area (Å²) < 4.78 is 0. The molecular weight excluding hydrogens is 280 g/mol. The van der Waals surface area contributed by atoms with Crippen molar-refractivity contribution in [3.63, 3.8) is 0 Å². The van der Waals surface area contributed by atoms with Gasteiger partial charge in [-0.15, -0.1) is 0 Å². The Bertz CT molecular complexity index is 511. The first kappa shape index (κ1) is 18.2. The minimum Gasteiger partial charge on any atom is -0.316 e. The number of hydrogen-bond acceptors (Lipinski definition) is 2. The highest BCUT2D eigenvalue weighted by molar-refractivity contribution is 5.70. The van der Waals surface area contributed by atoms with E-state index in [1.54, 1.807) is 11.1 Å². The average molecular weight is 315 g/mol. The van der Waals surface area contributed by atoms with Gasteiger partial charge in [0.2, 0.25) is 0 Å². The van der Waals surface area contributed by atoms with Crippen LogP contribution in [-0.4, -0.2) is 26.2 Å². The Morgan fingerprint density at radius 2 is 1.70 bits per heavy atom. The second-order valence-corrected chi connectivity index (χ2v) is 7.50. The van der Waals surface area contributed by atoms with Crippen molar-refractivity contribution in [2.45, 2.75) is 53.4 Å². The van der Waals surface area contributed by atoms with Gasteiger partial charge in [-0.3, -0.25) is 0 Å². The van der Waals surface area contributed by atoms with Crippen molar-refractivity contribution in [1.82, 2.24) is 10.6 Å². The van der Waals surface area contributed by atoms with Crippen LogP contribution in [0, 0.1) is 5.41 Å². The predicted molar refractivity (Wildman–Crippen MR) is 102 cm³/mol. The Balaban J connectivity index is 2.12. The number of benzene rings is 1. The number of nitrogens with one attached hydrogen (secondary N) is 2. The molecule has 0 spiro atoms.